The van der Waals surface area contributed by atoms with Crippen LogP contribution in [0.4, 0.5) is 0 Å². The molecule has 0 aromatic heterocycles. The van der Waals surface area contributed by atoms with Crippen LogP contribution in [0.3, 0.4) is 0 Å². The molecular formula is C6H8N2O. The summed E-state index contributed by atoms with van der Waals surface area (Å²) in [5.74, 6) is 0. The molecule has 1 rings (SSSR count). The molecule has 0 unspecified atom stereocenters. The Morgan fingerprint density at radius 1 is 1.78 bits per heavy atom. The predicted octanol–water partition coefficient (Wildman–Crippen LogP) is 0.131. The van der Waals surface area contributed by atoms with Gasteiger partial charge in [-0.3, -0.25) is 0 Å². The molecule has 1 saturated heterocycles. The Hall–Kier alpha value is -1.04. The normalized spacial score (nSPS) is 25.7. The first-order valence-electron chi connectivity index (χ1n) is 3.00. The first kappa shape index (κ1) is 6.09. The molecule has 48 valence electrons. The topological polar surface area (TPSA) is 44.1 Å². The molecule has 0 amide bonds. The molecule has 9 heavy (non-hydrogen) atoms. The van der Waals surface area contributed by atoms with Crippen molar-refractivity contribution in [1.82, 2.24) is 4.90 Å². The Bertz CT molecular complexity index is 150. The first-order chi connectivity index (χ1) is 4.38. The second-order valence-corrected chi connectivity index (χ2v) is 2.14. The number of aldehydes is 1. The highest BCUT2D eigenvalue weighted by atomic mass is 16.1. The van der Waals surface area contributed by atoms with Crippen molar-refractivity contribution in [2.45, 2.75) is 18.9 Å². The summed E-state index contributed by atoms with van der Waals surface area (Å²) in [6.45, 7) is 0.750. The molecule has 1 atom stereocenters. The summed E-state index contributed by atoms with van der Waals surface area (Å²) in [7, 11) is 0. The third-order valence-electron chi connectivity index (χ3n) is 1.58. The number of likely N-dealkylation sites (tertiary alicyclic amines) is 1. The van der Waals surface area contributed by atoms with Crippen LogP contribution in [0.15, 0.2) is 0 Å². The van der Waals surface area contributed by atoms with Gasteiger partial charge in [0.1, 0.15) is 6.29 Å². The van der Waals surface area contributed by atoms with E-state index in [0.717, 1.165) is 25.7 Å². The number of rotatable bonds is 1. The van der Waals surface area contributed by atoms with Crippen LogP contribution in [0.1, 0.15) is 12.8 Å². The largest absolute Gasteiger partial charge is 0.301 e. The van der Waals surface area contributed by atoms with Crippen LogP contribution in [0, 0.1) is 11.5 Å². The lowest BCUT2D eigenvalue weighted by atomic mass is 10.2. The molecule has 0 aliphatic carbocycles. The maximum atomic E-state index is 10.2. The molecule has 0 aromatic carbocycles. The lowest BCUT2D eigenvalue weighted by Crippen LogP contribution is -2.25. The summed E-state index contributed by atoms with van der Waals surface area (Å²) in [4.78, 5) is 11.7. The van der Waals surface area contributed by atoms with Gasteiger partial charge in [0, 0.05) is 6.54 Å². The SMILES string of the molecule is N#CN1CCC[C@H]1C=O. The van der Waals surface area contributed by atoms with Gasteiger partial charge >= 0.3 is 0 Å². The molecule has 0 N–H and O–H groups in total. The van der Waals surface area contributed by atoms with Crippen LogP contribution in [-0.2, 0) is 4.79 Å². The number of nitrogens with zero attached hydrogens (tertiary/aromatic N) is 2. The summed E-state index contributed by atoms with van der Waals surface area (Å²) < 4.78 is 0. The molecule has 0 radical (unpaired) electrons. The fourth-order valence-electron chi connectivity index (χ4n) is 1.06. The molecule has 1 fully saturated rings. The third kappa shape index (κ3) is 1.02. The van der Waals surface area contributed by atoms with Gasteiger partial charge in [0.25, 0.3) is 0 Å². The summed E-state index contributed by atoms with van der Waals surface area (Å²) >= 11 is 0. The molecule has 0 spiro atoms. The van der Waals surface area contributed by atoms with Crippen LogP contribution >= 0.6 is 0 Å². The van der Waals surface area contributed by atoms with Crippen LogP contribution in [0.5, 0.6) is 0 Å². The fraction of sp³-hybridized carbons (Fsp3) is 0.667. The fourth-order valence-corrected chi connectivity index (χ4v) is 1.06. The Balaban J connectivity index is 2.53. The van der Waals surface area contributed by atoms with Crippen molar-refractivity contribution in [3.63, 3.8) is 0 Å². The number of hydrogen-bond acceptors (Lipinski definition) is 3. The number of hydrogen-bond donors (Lipinski definition) is 0. The maximum Gasteiger partial charge on any atom is 0.179 e. The molecule has 1 aliphatic rings. The van der Waals surface area contributed by atoms with E-state index in [0.29, 0.717) is 0 Å². The zero-order valence-corrected chi connectivity index (χ0v) is 5.08. The van der Waals surface area contributed by atoms with E-state index in [4.69, 9.17) is 5.26 Å². The zero-order valence-electron chi connectivity index (χ0n) is 5.08. The first-order valence-corrected chi connectivity index (χ1v) is 3.00. The number of carbonyl (C=O) groups excluding carboxylic acids is 1. The second kappa shape index (κ2) is 2.49. The van der Waals surface area contributed by atoms with Gasteiger partial charge in [0.05, 0.1) is 6.04 Å². The summed E-state index contributed by atoms with van der Waals surface area (Å²) in [6, 6.07) is -0.130. The van der Waals surface area contributed by atoms with E-state index in [1.165, 1.54) is 4.90 Å². The van der Waals surface area contributed by atoms with Gasteiger partial charge in [-0.05, 0) is 12.8 Å². The number of carbonyl (C=O) groups is 1. The van der Waals surface area contributed by atoms with E-state index in [-0.39, 0.29) is 6.04 Å². The summed E-state index contributed by atoms with van der Waals surface area (Å²) in [5.41, 5.74) is 0. The highest BCUT2D eigenvalue weighted by Crippen LogP contribution is 2.12. The third-order valence-corrected chi connectivity index (χ3v) is 1.58. The van der Waals surface area contributed by atoms with Gasteiger partial charge in [-0.2, -0.15) is 5.26 Å². The molecule has 0 saturated carbocycles. The van der Waals surface area contributed by atoms with Gasteiger partial charge < -0.3 is 9.69 Å². The van der Waals surface area contributed by atoms with Crippen molar-refractivity contribution in [3.05, 3.63) is 0 Å². The van der Waals surface area contributed by atoms with Crippen molar-refractivity contribution in [1.29, 1.82) is 5.26 Å². The molecule has 3 nitrogen and oxygen atoms in total. The second-order valence-electron chi connectivity index (χ2n) is 2.14. The molecular weight excluding hydrogens is 116 g/mol. The monoisotopic (exact) mass is 124 g/mol. The van der Waals surface area contributed by atoms with Gasteiger partial charge in [0.15, 0.2) is 6.19 Å². The lowest BCUT2D eigenvalue weighted by molar-refractivity contribution is -0.110. The van der Waals surface area contributed by atoms with E-state index in [1.54, 1.807) is 0 Å². The number of nitriles is 1. The molecule has 0 bridgehead atoms. The van der Waals surface area contributed by atoms with Gasteiger partial charge in [0.2, 0.25) is 0 Å². The van der Waals surface area contributed by atoms with Crippen molar-refractivity contribution in [2.24, 2.45) is 0 Å². The lowest BCUT2D eigenvalue weighted by Gasteiger charge is -2.09. The molecule has 0 aromatic rings. The maximum absolute atomic E-state index is 10.2. The summed E-state index contributed by atoms with van der Waals surface area (Å²) in [6.07, 6.45) is 4.62. The smallest absolute Gasteiger partial charge is 0.179 e. The minimum atomic E-state index is -0.130. The van der Waals surface area contributed by atoms with Crippen LogP contribution < -0.4 is 0 Å². The van der Waals surface area contributed by atoms with E-state index >= 15 is 0 Å². The Kier molecular flexibility index (Phi) is 1.69. The predicted molar refractivity (Wildman–Crippen MR) is 31.4 cm³/mol. The van der Waals surface area contributed by atoms with Crippen molar-refractivity contribution in [3.8, 4) is 6.19 Å². The van der Waals surface area contributed by atoms with Gasteiger partial charge in [-0.15, -0.1) is 0 Å². The minimum Gasteiger partial charge on any atom is -0.301 e. The zero-order chi connectivity index (χ0) is 6.69. The van der Waals surface area contributed by atoms with Crippen LogP contribution in [0.2, 0.25) is 0 Å². The van der Waals surface area contributed by atoms with Gasteiger partial charge in [-0.25, -0.2) is 0 Å². The summed E-state index contributed by atoms with van der Waals surface area (Å²) in [5, 5.41) is 8.38. The van der Waals surface area contributed by atoms with Gasteiger partial charge in [-0.1, -0.05) is 0 Å². The average Bonchev–Trinajstić information content (AvgIpc) is 2.33. The van der Waals surface area contributed by atoms with E-state index in [1.807, 2.05) is 6.19 Å². The quantitative estimate of drug-likeness (QED) is 0.368. The molecule has 1 heterocycles. The van der Waals surface area contributed by atoms with E-state index in [9.17, 15) is 4.79 Å². The molecule has 1 aliphatic heterocycles. The van der Waals surface area contributed by atoms with Crippen LogP contribution in [-0.4, -0.2) is 23.8 Å². The Morgan fingerprint density at radius 3 is 3.00 bits per heavy atom. The van der Waals surface area contributed by atoms with Crippen LogP contribution in [0.25, 0.3) is 0 Å². The van der Waals surface area contributed by atoms with Crippen molar-refractivity contribution in [2.75, 3.05) is 6.54 Å². The van der Waals surface area contributed by atoms with Crippen molar-refractivity contribution < 1.29 is 4.79 Å². The molecule has 3 heteroatoms. The Labute approximate surface area is 53.9 Å². The van der Waals surface area contributed by atoms with Crippen molar-refractivity contribution >= 4 is 6.29 Å². The van der Waals surface area contributed by atoms with E-state index in [2.05, 4.69) is 0 Å². The average molecular weight is 124 g/mol. The van der Waals surface area contributed by atoms with E-state index < -0.39 is 0 Å². The highest BCUT2D eigenvalue weighted by Gasteiger charge is 2.21. The minimum absolute atomic E-state index is 0.130. The highest BCUT2D eigenvalue weighted by molar-refractivity contribution is 5.58. The Morgan fingerprint density at radius 2 is 2.56 bits per heavy atom. The standard InChI is InChI=1S/C6H8N2O/c7-5-8-3-1-2-6(8)4-9/h4,6H,1-3H2/t6-/m0/s1.